The van der Waals surface area contributed by atoms with Gasteiger partial charge >= 0.3 is 0 Å². The lowest BCUT2D eigenvalue weighted by Gasteiger charge is -2.50. The number of likely N-dealkylation sites (N-methyl/N-ethyl adjacent to an activating group) is 1. The minimum atomic E-state index is -0.0386. The van der Waals surface area contributed by atoms with Crippen molar-refractivity contribution in [2.75, 3.05) is 33.5 Å². The number of hydrogen-bond donors (Lipinski definition) is 0. The minimum absolute atomic E-state index is 0.0386. The predicted octanol–water partition coefficient (Wildman–Crippen LogP) is 6.06. The van der Waals surface area contributed by atoms with Gasteiger partial charge in [-0.15, -0.1) is 0 Å². The van der Waals surface area contributed by atoms with Gasteiger partial charge in [-0.2, -0.15) is 0 Å². The summed E-state index contributed by atoms with van der Waals surface area (Å²) in [7, 11) is 2.23. The summed E-state index contributed by atoms with van der Waals surface area (Å²) in [5.41, 5.74) is 3.68. The Morgan fingerprint density at radius 3 is 2.09 bits per heavy atom. The van der Waals surface area contributed by atoms with Crippen LogP contribution in [0, 0.1) is 0 Å². The van der Waals surface area contributed by atoms with Crippen LogP contribution >= 0.6 is 23.2 Å². The maximum absolute atomic E-state index is 6.21. The third-order valence-electron chi connectivity index (χ3n) is 6.95. The summed E-state index contributed by atoms with van der Waals surface area (Å²) in [6.45, 7) is 5.54. The molecule has 2 heterocycles. The minimum Gasteiger partial charge on any atom is -0.454 e. The highest BCUT2D eigenvalue weighted by molar-refractivity contribution is 6.30. The van der Waals surface area contributed by atoms with Crippen molar-refractivity contribution >= 4 is 23.2 Å². The fourth-order valence-corrected chi connectivity index (χ4v) is 5.24. The Kier molecular flexibility index (Phi) is 6.28. The third kappa shape index (κ3) is 4.71. The number of fused-ring (bicyclic) bond motifs is 1. The van der Waals surface area contributed by atoms with E-state index in [1.54, 1.807) is 0 Å². The zero-order valence-corrected chi connectivity index (χ0v) is 20.4. The quantitative estimate of drug-likeness (QED) is 0.441. The molecule has 0 spiro atoms. The van der Waals surface area contributed by atoms with Gasteiger partial charge in [-0.25, -0.2) is 0 Å². The van der Waals surface area contributed by atoms with Crippen molar-refractivity contribution in [1.82, 2.24) is 9.80 Å². The number of piperazine rings is 1. The van der Waals surface area contributed by atoms with E-state index in [1.807, 2.05) is 30.3 Å². The summed E-state index contributed by atoms with van der Waals surface area (Å²) in [4.78, 5) is 5.06. The molecule has 5 rings (SSSR count). The molecule has 2 aliphatic heterocycles. The topological polar surface area (TPSA) is 24.9 Å². The Bertz CT molecular complexity index is 1070. The maximum Gasteiger partial charge on any atom is 0.231 e. The van der Waals surface area contributed by atoms with Crippen molar-refractivity contribution in [2.45, 2.75) is 24.9 Å². The molecule has 0 aromatic heterocycles. The molecule has 1 fully saturated rings. The number of ether oxygens (including phenoxy) is 2. The van der Waals surface area contributed by atoms with E-state index in [0.29, 0.717) is 6.79 Å². The van der Waals surface area contributed by atoms with Crippen LogP contribution in [0.15, 0.2) is 66.7 Å². The van der Waals surface area contributed by atoms with Gasteiger partial charge in [0.2, 0.25) is 6.79 Å². The summed E-state index contributed by atoms with van der Waals surface area (Å²) in [5, 5.41) is 1.50. The zero-order chi connectivity index (χ0) is 23.0. The van der Waals surface area contributed by atoms with Gasteiger partial charge in [-0.05, 0) is 73.5 Å². The average Bonchev–Trinajstić information content (AvgIpc) is 3.27. The normalized spacial score (nSPS) is 21.0. The fourth-order valence-electron chi connectivity index (χ4n) is 4.99. The Morgan fingerprint density at radius 2 is 1.45 bits per heavy atom. The number of benzene rings is 3. The summed E-state index contributed by atoms with van der Waals surface area (Å²) in [6.07, 6.45) is 0.921. The number of nitrogens with zero attached hydrogens (tertiary/aromatic N) is 2. The van der Waals surface area contributed by atoms with Crippen molar-refractivity contribution in [2.24, 2.45) is 0 Å². The molecule has 0 saturated carbocycles. The largest absolute Gasteiger partial charge is 0.454 e. The van der Waals surface area contributed by atoms with Crippen LogP contribution in [0.2, 0.25) is 10.0 Å². The van der Waals surface area contributed by atoms with Crippen LogP contribution in [-0.2, 0) is 6.42 Å². The molecule has 0 amide bonds. The highest BCUT2D eigenvalue weighted by Gasteiger charge is 2.39. The van der Waals surface area contributed by atoms with Gasteiger partial charge in [0.05, 0.1) is 6.04 Å². The molecule has 172 valence electrons. The summed E-state index contributed by atoms with van der Waals surface area (Å²) in [6, 6.07) is 22.9. The van der Waals surface area contributed by atoms with E-state index >= 15 is 0 Å². The molecule has 0 radical (unpaired) electrons. The number of rotatable bonds is 5. The monoisotopic (exact) mass is 482 g/mol. The molecule has 0 aliphatic carbocycles. The Hall–Kier alpha value is -2.24. The van der Waals surface area contributed by atoms with Crippen molar-refractivity contribution in [1.29, 1.82) is 0 Å². The van der Waals surface area contributed by atoms with E-state index in [0.717, 1.165) is 47.6 Å². The zero-order valence-electron chi connectivity index (χ0n) is 18.9. The highest BCUT2D eigenvalue weighted by atomic mass is 35.5. The molecule has 0 bridgehead atoms. The van der Waals surface area contributed by atoms with Crippen molar-refractivity contribution in [3.8, 4) is 11.5 Å². The number of hydrogen-bond acceptors (Lipinski definition) is 4. The van der Waals surface area contributed by atoms with Crippen LogP contribution in [0.4, 0.5) is 0 Å². The van der Waals surface area contributed by atoms with Gasteiger partial charge in [-0.1, -0.05) is 53.5 Å². The first-order valence-corrected chi connectivity index (χ1v) is 12.0. The van der Waals surface area contributed by atoms with E-state index in [-0.39, 0.29) is 11.6 Å². The van der Waals surface area contributed by atoms with E-state index in [2.05, 4.69) is 60.2 Å². The van der Waals surface area contributed by atoms with E-state index in [9.17, 15) is 0 Å². The molecular formula is C27H28Cl2N2O2. The van der Waals surface area contributed by atoms with Gasteiger partial charge in [0.15, 0.2) is 11.5 Å². The number of halogens is 2. The Balaban J connectivity index is 1.45. The second kappa shape index (κ2) is 9.19. The molecule has 1 unspecified atom stereocenters. The van der Waals surface area contributed by atoms with Crippen LogP contribution in [0.5, 0.6) is 11.5 Å². The summed E-state index contributed by atoms with van der Waals surface area (Å²) in [5.74, 6) is 1.67. The van der Waals surface area contributed by atoms with E-state index in [1.165, 1.54) is 16.7 Å². The van der Waals surface area contributed by atoms with Gasteiger partial charge in [-0.3, -0.25) is 9.80 Å². The second-order valence-electron chi connectivity index (χ2n) is 9.26. The molecule has 2 aliphatic rings. The van der Waals surface area contributed by atoms with Crippen LogP contribution in [-0.4, -0.2) is 48.8 Å². The van der Waals surface area contributed by atoms with Crippen molar-refractivity contribution in [3.05, 3.63) is 93.5 Å². The van der Waals surface area contributed by atoms with Gasteiger partial charge < -0.3 is 9.47 Å². The smallest absolute Gasteiger partial charge is 0.231 e. The van der Waals surface area contributed by atoms with Crippen molar-refractivity contribution in [3.63, 3.8) is 0 Å². The van der Waals surface area contributed by atoms with E-state index in [4.69, 9.17) is 32.7 Å². The second-order valence-corrected chi connectivity index (χ2v) is 10.1. The highest BCUT2D eigenvalue weighted by Crippen LogP contribution is 2.37. The molecular weight excluding hydrogens is 455 g/mol. The van der Waals surface area contributed by atoms with Crippen LogP contribution < -0.4 is 9.47 Å². The molecule has 1 saturated heterocycles. The van der Waals surface area contributed by atoms with Gasteiger partial charge in [0.25, 0.3) is 0 Å². The Labute approximate surface area is 205 Å². The van der Waals surface area contributed by atoms with Gasteiger partial charge in [0.1, 0.15) is 0 Å². The first-order valence-electron chi connectivity index (χ1n) is 11.3. The Morgan fingerprint density at radius 1 is 0.848 bits per heavy atom. The maximum atomic E-state index is 6.21. The summed E-state index contributed by atoms with van der Waals surface area (Å²) < 4.78 is 11.1. The SMILES string of the molecule is CN1CCN(C(c2ccc(Cl)cc2)c2ccc(Cl)cc2)CC1(C)Cc1ccc2c(c1)OCO2. The lowest BCUT2D eigenvalue weighted by Crippen LogP contribution is -2.60. The summed E-state index contributed by atoms with van der Waals surface area (Å²) >= 11 is 12.4. The molecule has 6 heteroatoms. The lowest BCUT2D eigenvalue weighted by molar-refractivity contribution is 0.0133. The molecule has 3 aromatic carbocycles. The molecule has 3 aromatic rings. The van der Waals surface area contributed by atoms with E-state index < -0.39 is 0 Å². The molecule has 1 atom stereocenters. The molecule has 33 heavy (non-hydrogen) atoms. The van der Waals surface area contributed by atoms with Crippen LogP contribution in [0.1, 0.15) is 29.7 Å². The third-order valence-corrected chi connectivity index (χ3v) is 7.45. The first-order chi connectivity index (χ1) is 15.9. The lowest BCUT2D eigenvalue weighted by atomic mass is 9.86. The average molecular weight is 483 g/mol. The predicted molar refractivity (Wildman–Crippen MR) is 134 cm³/mol. The van der Waals surface area contributed by atoms with Crippen LogP contribution in [0.3, 0.4) is 0 Å². The molecule has 4 nitrogen and oxygen atoms in total. The van der Waals surface area contributed by atoms with Crippen LogP contribution in [0.25, 0.3) is 0 Å². The first kappa shape index (κ1) is 22.5. The fraction of sp³-hybridized carbons (Fsp3) is 0.333. The molecule has 0 N–H and O–H groups in total. The van der Waals surface area contributed by atoms with Gasteiger partial charge in [0, 0.05) is 35.2 Å². The van der Waals surface area contributed by atoms with Crippen molar-refractivity contribution < 1.29 is 9.47 Å². The standard InChI is InChI=1S/C27H28Cl2N2O2/c1-27(16-19-3-12-24-25(15-19)33-18-32-24)17-31(14-13-30(27)2)26(20-4-8-22(28)9-5-20)21-6-10-23(29)11-7-21/h3-12,15,26H,13-14,16-18H2,1-2H3.